The summed E-state index contributed by atoms with van der Waals surface area (Å²) in [6, 6.07) is 15.9. The number of para-hydroxylation sites is 1. The zero-order chi connectivity index (χ0) is 18.5. The first-order chi connectivity index (χ1) is 12.5. The molecule has 1 amide bonds. The van der Waals surface area contributed by atoms with Gasteiger partial charge in [0.05, 0.1) is 6.54 Å². The number of carbonyl (C=O) groups is 1. The first-order valence-corrected chi connectivity index (χ1v) is 9.79. The van der Waals surface area contributed by atoms with Crippen LogP contribution < -0.4 is 4.74 Å². The van der Waals surface area contributed by atoms with Crippen molar-refractivity contribution in [3.05, 3.63) is 65.2 Å². The molecule has 136 valence electrons. The van der Waals surface area contributed by atoms with Crippen molar-refractivity contribution in [2.75, 3.05) is 13.1 Å². The lowest BCUT2D eigenvalue weighted by Crippen LogP contribution is -2.41. The van der Waals surface area contributed by atoms with Crippen LogP contribution in [0.2, 0.25) is 0 Å². The molecule has 26 heavy (non-hydrogen) atoms. The average Bonchev–Trinajstić information content (AvgIpc) is 3.11. The van der Waals surface area contributed by atoms with Crippen molar-refractivity contribution in [1.82, 2.24) is 4.90 Å². The van der Waals surface area contributed by atoms with Crippen molar-refractivity contribution in [2.45, 2.75) is 32.6 Å². The normalized spacial score (nSPS) is 14.9. The van der Waals surface area contributed by atoms with E-state index in [9.17, 15) is 4.79 Å². The second kappa shape index (κ2) is 8.41. The van der Waals surface area contributed by atoms with Gasteiger partial charge in [0.25, 0.3) is 5.91 Å². The van der Waals surface area contributed by atoms with Gasteiger partial charge in [0.1, 0.15) is 5.75 Å². The number of thioether (sulfide) groups is 1. The molecule has 0 spiro atoms. The highest BCUT2D eigenvalue weighted by atomic mass is 32.2. The lowest BCUT2D eigenvalue weighted by Gasteiger charge is -2.22. The van der Waals surface area contributed by atoms with E-state index in [1.54, 1.807) is 23.6 Å². The van der Waals surface area contributed by atoms with Crippen molar-refractivity contribution in [3.8, 4) is 5.75 Å². The first-order valence-electron chi connectivity index (χ1n) is 8.81. The molecule has 2 aromatic rings. The highest BCUT2D eigenvalue weighted by Crippen LogP contribution is 2.23. The number of amides is 1. The van der Waals surface area contributed by atoms with E-state index in [0.717, 1.165) is 10.9 Å². The summed E-state index contributed by atoms with van der Waals surface area (Å²) in [6.45, 7) is 7.28. The number of amidine groups is 1. The van der Waals surface area contributed by atoms with Crippen molar-refractivity contribution < 1.29 is 9.53 Å². The first kappa shape index (κ1) is 18.5. The number of nitrogens with zero attached hydrogens (tertiary/aromatic N) is 2. The molecule has 1 aliphatic rings. The SMILES string of the molecule is Cc1ccc(C)c(CSC2=NCCN2C(=O)[C@H](C)Oc2ccccc2)c1. The minimum absolute atomic E-state index is 0.0430. The zero-order valence-electron chi connectivity index (χ0n) is 15.4. The van der Waals surface area contributed by atoms with E-state index in [1.807, 2.05) is 30.3 Å². The summed E-state index contributed by atoms with van der Waals surface area (Å²) in [5, 5.41) is 0.791. The van der Waals surface area contributed by atoms with Gasteiger partial charge in [0.15, 0.2) is 11.3 Å². The van der Waals surface area contributed by atoms with Crippen LogP contribution in [0.3, 0.4) is 0 Å². The van der Waals surface area contributed by atoms with E-state index in [4.69, 9.17) is 4.74 Å². The number of rotatable bonds is 5. The van der Waals surface area contributed by atoms with Crippen molar-refractivity contribution in [2.24, 2.45) is 4.99 Å². The number of hydrogen-bond acceptors (Lipinski definition) is 4. The lowest BCUT2D eigenvalue weighted by atomic mass is 10.1. The van der Waals surface area contributed by atoms with Gasteiger partial charge in [0.2, 0.25) is 0 Å². The Hall–Kier alpha value is -2.27. The van der Waals surface area contributed by atoms with Crippen molar-refractivity contribution >= 4 is 22.8 Å². The summed E-state index contributed by atoms with van der Waals surface area (Å²) < 4.78 is 5.78. The van der Waals surface area contributed by atoms with Gasteiger partial charge in [-0.05, 0) is 44.0 Å². The summed E-state index contributed by atoms with van der Waals surface area (Å²) in [6.07, 6.45) is -0.540. The van der Waals surface area contributed by atoms with Gasteiger partial charge in [-0.25, -0.2) is 0 Å². The summed E-state index contributed by atoms with van der Waals surface area (Å²) >= 11 is 1.62. The highest BCUT2D eigenvalue weighted by Gasteiger charge is 2.29. The molecule has 1 heterocycles. The van der Waals surface area contributed by atoms with Gasteiger partial charge >= 0.3 is 0 Å². The fourth-order valence-electron chi connectivity index (χ4n) is 2.83. The van der Waals surface area contributed by atoms with Gasteiger partial charge in [-0.3, -0.25) is 14.7 Å². The maximum absolute atomic E-state index is 12.8. The van der Waals surface area contributed by atoms with Crippen LogP contribution in [0, 0.1) is 13.8 Å². The summed E-state index contributed by atoms with van der Waals surface area (Å²) in [5.41, 5.74) is 3.79. The molecular weight excluding hydrogens is 344 g/mol. The lowest BCUT2D eigenvalue weighted by molar-refractivity contribution is -0.133. The number of aliphatic imine (C=N–C) groups is 1. The van der Waals surface area contributed by atoms with E-state index in [2.05, 4.69) is 37.0 Å². The van der Waals surface area contributed by atoms with Gasteiger partial charge in [-0.2, -0.15) is 0 Å². The molecule has 0 unspecified atom stereocenters. The molecule has 0 bridgehead atoms. The zero-order valence-corrected chi connectivity index (χ0v) is 16.3. The van der Waals surface area contributed by atoms with Gasteiger partial charge < -0.3 is 4.74 Å². The topological polar surface area (TPSA) is 41.9 Å². The molecule has 0 radical (unpaired) electrons. The Morgan fingerprint density at radius 1 is 1.23 bits per heavy atom. The molecule has 5 heteroatoms. The quantitative estimate of drug-likeness (QED) is 0.794. The van der Waals surface area contributed by atoms with E-state index in [1.165, 1.54) is 16.7 Å². The van der Waals surface area contributed by atoms with E-state index in [-0.39, 0.29) is 5.91 Å². The Bertz CT molecular complexity index is 805. The number of ether oxygens (including phenoxy) is 1. The largest absolute Gasteiger partial charge is 0.481 e. The molecule has 0 N–H and O–H groups in total. The molecule has 2 aromatic carbocycles. The van der Waals surface area contributed by atoms with Crippen LogP contribution in [-0.2, 0) is 10.5 Å². The number of aryl methyl sites for hydroxylation is 2. The summed E-state index contributed by atoms with van der Waals surface area (Å²) in [5.74, 6) is 1.47. The average molecular weight is 369 g/mol. The minimum Gasteiger partial charge on any atom is -0.481 e. The standard InChI is InChI=1S/C21H24N2O2S/c1-15-9-10-16(2)18(13-15)14-26-21-22-11-12-23(21)20(24)17(3)25-19-7-5-4-6-8-19/h4-10,13,17H,11-12,14H2,1-3H3/t17-/m0/s1. The van der Waals surface area contributed by atoms with Crippen LogP contribution in [0.25, 0.3) is 0 Å². The maximum Gasteiger partial charge on any atom is 0.269 e. The van der Waals surface area contributed by atoms with Gasteiger partial charge in [0, 0.05) is 12.3 Å². The fraction of sp³-hybridized carbons (Fsp3) is 0.333. The van der Waals surface area contributed by atoms with Gasteiger partial charge in [-0.1, -0.05) is 53.7 Å². The van der Waals surface area contributed by atoms with E-state index in [0.29, 0.717) is 18.8 Å². The van der Waals surface area contributed by atoms with Crippen LogP contribution in [0.4, 0.5) is 0 Å². The molecule has 0 aromatic heterocycles. The van der Waals surface area contributed by atoms with Crippen LogP contribution in [-0.4, -0.2) is 35.2 Å². The Balaban J connectivity index is 1.62. The minimum atomic E-state index is -0.540. The molecule has 1 aliphatic heterocycles. The van der Waals surface area contributed by atoms with Crippen LogP contribution in [0.15, 0.2) is 53.5 Å². The third kappa shape index (κ3) is 4.47. The molecule has 0 aliphatic carbocycles. The smallest absolute Gasteiger partial charge is 0.269 e. The molecule has 1 atom stereocenters. The second-order valence-corrected chi connectivity index (χ2v) is 7.39. The summed E-state index contributed by atoms with van der Waals surface area (Å²) in [4.78, 5) is 19.1. The van der Waals surface area contributed by atoms with Crippen LogP contribution in [0.5, 0.6) is 5.75 Å². The number of benzene rings is 2. The fourth-order valence-corrected chi connectivity index (χ4v) is 3.94. The molecule has 0 saturated carbocycles. The molecular formula is C21H24N2O2S. The Morgan fingerprint density at radius 3 is 2.77 bits per heavy atom. The van der Waals surface area contributed by atoms with Gasteiger partial charge in [-0.15, -0.1) is 0 Å². The molecule has 0 fully saturated rings. The molecule has 4 nitrogen and oxygen atoms in total. The maximum atomic E-state index is 12.8. The third-order valence-electron chi connectivity index (χ3n) is 4.33. The number of carbonyl (C=O) groups excluding carboxylic acids is 1. The third-order valence-corrected chi connectivity index (χ3v) is 5.40. The highest BCUT2D eigenvalue weighted by molar-refractivity contribution is 8.13. The summed E-state index contributed by atoms with van der Waals surface area (Å²) in [7, 11) is 0. The molecule has 0 saturated heterocycles. The van der Waals surface area contributed by atoms with E-state index < -0.39 is 6.10 Å². The van der Waals surface area contributed by atoms with Crippen molar-refractivity contribution in [1.29, 1.82) is 0 Å². The van der Waals surface area contributed by atoms with E-state index >= 15 is 0 Å². The predicted molar refractivity (Wildman–Crippen MR) is 108 cm³/mol. The second-order valence-electron chi connectivity index (χ2n) is 6.45. The Morgan fingerprint density at radius 2 is 2.00 bits per heavy atom. The Kier molecular flexibility index (Phi) is 5.99. The van der Waals surface area contributed by atoms with Crippen LogP contribution in [0.1, 0.15) is 23.6 Å². The van der Waals surface area contributed by atoms with Crippen molar-refractivity contribution in [3.63, 3.8) is 0 Å². The number of hydrogen-bond donors (Lipinski definition) is 0. The Labute approximate surface area is 159 Å². The molecule has 3 rings (SSSR count). The predicted octanol–water partition coefficient (Wildman–Crippen LogP) is 4.20. The monoisotopic (exact) mass is 368 g/mol. The van der Waals surface area contributed by atoms with Crippen LogP contribution >= 0.6 is 11.8 Å².